The van der Waals surface area contributed by atoms with Gasteiger partial charge in [0.15, 0.2) is 5.78 Å². The van der Waals surface area contributed by atoms with E-state index < -0.39 is 5.54 Å². The molecule has 3 heteroatoms. The van der Waals surface area contributed by atoms with Gasteiger partial charge in [0.05, 0.1) is 12.6 Å². The van der Waals surface area contributed by atoms with Crippen LogP contribution in [0.5, 0.6) is 5.75 Å². The smallest absolute Gasteiger partial charge is 0.182 e. The van der Waals surface area contributed by atoms with E-state index >= 15 is 0 Å². The molecular formula is C13H19NO2. The molecule has 0 radical (unpaired) electrons. The molecule has 0 heterocycles. The molecular weight excluding hydrogens is 202 g/mol. The third-order valence-corrected chi connectivity index (χ3v) is 3.03. The summed E-state index contributed by atoms with van der Waals surface area (Å²) >= 11 is 0. The number of ether oxygens (including phenoxy) is 1. The lowest BCUT2D eigenvalue weighted by molar-refractivity contribution is 0.0755. The van der Waals surface area contributed by atoms with Crippen molar-refractivity contribution in [2.24, 2.45) is 0 Å². The molecule has 16 heavy (non-hydrogen) atoms. The topological polar surface area (TPSA) is 29.5 Å². The van der Waals surface area contributed by atoms with Gasteiger partial charge in [-0.3, -0.25) is 9.69 Å². The average molecular weight is 221 g/mol. The predicted molar refractivity (Wildman–Crippen MR) is 65.1 cm³/mol. The number of hydrogen-bond donors (Lipinski definition) is 0. The number of ketones is 1. The summed E-state index contributed by atoms with van der Waals surface area (Å²) < 4.78 is 5.06. The van der Waals surface area contributed by atoms with Crippen molar-refractivity contribution in [2.45, 2.75) is 19.4 Å². The number of methoxy groups -OCH3 is 1. The van der Waals surface area contributed by atoms with Gasteiger partial charge >= 0.3 is 0 Å². The van der Waals surface area contributed by atoms with Gasteiger partial charge in [0, 0.05) is 5.56 Å². The van der Waals surface area contributed by atoms with Crippen LogP contribution in [0.15, 0.2) is 24.3 Å². The van der Waals surface area contributed by atoms with Crippen LogP contribution >= 0.6 is 0 Å². The first kappa shape index (κ1) is 12.7. The first-order valence-electron chi connectivity index (χ1n) is 5.26. The van der Waals surface area contributed by atoms with Crippen LogP contribution in [-0.4, -0.2) is 37.4 Å². The molecule has 0 aromatic heterocycles. The monoisotopic (exact) mass is 221 g/mol. The molecule has 0 bridgehead atoms. The fourth-order valence-corrected chi connectivity index (χ4v) is 1.30. The zero-order valence-corrected chi connectivity index (χ0v) is 10.6. The van der Waals surface area contributed by atoms with Crippen LogP contribution < -0.4 is 4.74 Å². The maximum Gasteiger partial charge on any atom is 0.182 e. The standard InChI is InChI=1S/C13H19NO2/c1-13(2,14(3)4)12(15)10-6-8-11(16-5)9-7-10/h6-9H,1-5H3. The molecule has 0 unspecified atom stereocenters. The van der Waals surface area contributed by atoms with Crippen molar-refractivity contribution in [3.63, 3.8) is 0 Å². The lowest BCUT2D eigenvalue weighted by atomic mass is 9.92. The molecule has 0 saturated carbocycles. The van der Waals surface area contributed by atoms with Crippen LogP contribution in [0.1, 0.15) is 24.2 Å². The highest BCUT2D eigenvalue weighted by Gasteiger charge is 2.30. The first-order valence-corrected chi connectivity index (χ1v) is 5.26. The summed E-state index contributed by atoms with van der Waals surface area (Å²) in [5.74, 6) is 0.874. The second kappa shape index (κ2) is 4.66. The minimum atomic E-state index is -0.491. The zero-order chi connectivity index (χ0) is 12.3. The molecule has 0 atom stereocenters. The van der Waals surface area contributed by atoms with Crippen LogP contribution in [0, 0.1) is 0 Å². The second-order valence-corrected chi connectivity index (χ2v) is 4.51. The van der Waals surface area contributed by atoms with Gasteiger partial charge in [-0.2, -0.15) is 0 Å². The van der Waals surface area contributed by atoms with E-state index in [0.29, 0.717) is 5.56 Å². The number of carbonyl (C=O) groups is 1. The number of hydrogen-bond acceptors (Lipinski definition) is 3. The Labute approximate surface area is 97.0 Å². The van der Waals surface area contributed by atoms with Crippen molar-refractivity contribution in [1.82, 2.24) is 4.90 Å². The van der Waals surface area contributed by atoms with E-state index in [-0.39, 0.29) is 5.78 Å². The Morgan fingerprint density at radius 2 is 1.69 bits per heavy atom. The van der Waals surface area contributed by atoms with Crippen LogP contribution in [0.25, 0.3) is 0 Å². The van der Waals surface area contributed by atoms with Gasteiger partial charge < -0.3 is 4.74 Å². The van der Waals surface area contributed by atoms with Gasteiger partial charge in [-0.15, -0.1) is 0 Å². The quantitative estimate of drug-likeness (QED) is 0.730. The lowest BCUT2D eigenvalue weighted by Crippen LogP contribution is -2.45. The van der Waals surface area contributed by atoms with Gasteiger partial charge in [0.25, 0.3) is 0 Å². The van der Waals surface area contributed by atoms with Crippen LogP contribution in [0.2, 0.25) is 0 Å². The molecule has 3 nitrogen and oxygen atoms in total. The van der Waals surface area contributed by atoms with E-state index in [1.807, 2.05) is 32.8 Å². The summed E-state index contributed by atoms with van der Waals surface area (Å²) in [7, 11) is 5.42. The Hall–Kier alpha value is -1.35. The molecule has 0 spiro atoms. The molecule has 0 amide bonds. The molecule has 0 fully saturated rings. The largest absolute Gasteiger partial charge is 0.497 e. The summed E-state index contributed by atoms with van der Waals surface area (Å²) in [5.41, 5.74) is 0.216. The molecule has 0 saturated heterocycles. The van der Waals surface area contributed by atoms with Crippen molar-refractivity contribution in [1.29, 1.82) is 0 Å². The SMILES string of the molecule is COc1ccc(C(=O)C(C)(C)N(C)C)cc1. The fourth-order valence-electron chi connectivity index (χ4n) is 1.30. The van der Waals surface area contributed by atoms with Crippen molar-refractivity contribution in [3.05, 3.63) is 29.8 Å². The summed E-state index contributed by atoms with van der Waals surface area (Å²) in [6.07, 6.45) is 0. The van der Waals surface area contributed by atoms with E-state index in [2.05, 4.69) is 0 Å². The molecule has 0 N–H and O–H groups in total. The van der Waals surface area contributed by atoms with Crippen LogP contribution in [0.4, 0.5) is 0 Å². The van der Waals surface area contributed by atoms with Crippen molar-refractivity contribution in [3.8, 4) is 5.75 Å². The molecule has 1 rings (SSSR count). The Kier molecular flexibility index (Phi) is 3.70. The van der Waals surface area contributed by atoms with Crippen molar-refractivity contribution >= 4 is 5.78 Å². The minimum absolute atomic E-state index is 0.111. The van der Waals surface area contributed by atoms with Gasteiger partial charge in [0.1, 0.15) is 5.75 Å². The molecule has 0 aliphatic heterocycles. The normalized spacial score (nSPS) is 11.6. The summed E-state index contributed by atoms with van der Waals surface area (Å²) in [4.78, 5) is 14.1. The highest BCUT2D eigenvalue weighted by atomic mass is 16.5. The Balaban J connectivity index is 2.97. The number of nitrogens with zero attached hydrogens (tertiary/aromatic N) is 1. The molecule has 1 aromatic rings. The van der Waals surface area contributed by atoms with Gasteiger partial charge in [-0.25, -0.2) is 0 Å². The summed E-state index contributed by atoms with van der Waals surface area (Å²) in [6.45, 7) is 3.83. The predicted octanol–water partition coefficient (Wildman–Crippen LogP) is 2.22. The van der Waals surface area contributed by atoms with E-state index in [1.165, 1.54) is 0 Å². The number of likely N-dealkylation sites (N-methyl/N-ethyl adjacent to an activating group) is 1. The maximum atomic E-state index is 12.2. The highest BCUT2D eigenvalue weighted by molar-refractivity contribution is 6.02. The molecule has 88 valence electrons. The zero-order valence-electron chi connectivity index (χ0n) is 10.6. The van der Waals surface area contributed by atoms with Gasteiger partial charge in [-0.05, 0) is 52.2 Å². The number of benzene rings is 1. The van der Waals surface area contributed by atoms with Crippen LogP contribution in [-0.2, 0) is 0 Å². The molecule has 0 aliphatic carbocycles. The second-order valence-electron chi connectivity index (χ2n) is 4.51. The number of carbonyl (C=O) groups excluding carboxylic acids is 1. The van der Waals surface area contributed by atoms with Crippen molar-refractivity contribution < 1.29 is 9.53 Å². The summed E-state index contributed by atoms with van der Waals surface area (Å²) in [6, 6.07) is 7.21. The Morgan fingerprint density at radius 3 is 2.06 bits per heavy atom. The van der Waals surface area contributed by atoms with E-state index in [1.54, 1.807) is 31.4 Å². The maximum absolute atomic E-state index is 12.2. The van der Waals surface area contributed by atoms with E-state index in [0.717, 1.165) is 5.75 Å². The molecule has 0 aliphatic rings. The molecule has 1 aromatic carbocycles. The lowest BCUT2D eigenvalue weighted by Gasteiger charge is -2.30. The third-order valence-electron chi connectivity index (χ3n) is 3.03. The average Bonchev–Trinajstić information content (AvgIpc) is 2.28. The van der Waals surface area contributed by atoms with Crippen molar-refractivity contribution in [2.75, 3.05) is 21.2 Å². The number of rotatable bonds is 4. The van der Waals surface area contributed by atoms with Gasteiger partial charge in [0.2, 0.25) is 0 Å². The fraction of sp³-hybridized carbons (Fsp3) is 0.462. The highest BCUT2D eigenvalue weighted by Crippen LogP contribution is 2.19. The Bertz CT molecular complexity index is 366. The van der Waals surface area contributed by atoms with Gasteiger partial charge in [-0.1, -0.05) is 0 Å². The van der Waals surface area contributed by atoms with E-state index in [4.69, 9.17) is 4.74 Å². The minimum Gasteiger partial charge on any atom is -0.497 e. The summed E-state index contributed by atoms with van der Waals surface area (Å²) in [5, 5.41) is 0. The first-order chi connectivity index (χ1) is 7.39. The van der Waals surface area contributed by atoms with Crippen LogP contribution in [0.3, 0.4) is 0 Å². The Morgan fingerprint density at radius 1 is 1.19 bits per heavy atom. The third kappa shape index (κ3) is 2.42. The number of Topliss-reactive ketones (excluding diaryl/α,β-unsaturated/α-hetero) is 1. The van der Waals surface area contributed by atoms with E-state index in [9.17, 15) is 4.79 Å².